The third kappa shape index (κ3) is 4.13. The molecule has 0 radical (unpaired) electrons. The van der Waals surface area contributed by atoms with Gasteiger partial charge in [-0.1, -0.05) is 45.9 Å². The lowest BCUT2D eigenvalue weighted by Crippen LogP contribution is -2.04. The Labute approximate surface area is 178 Å². The summed E-state index contributed by atoms with van der Waals surface area (Å²) in [5, 5.41) is 1.38. The first-order valence-electron chi connectivity index (χ1n) is 8.63. The highest BCUT2D eigenvalue weighted by atomic mass is 79.9. The number of hydrogen-bond acceptors (Lipinski definition) is 6. The molecule has 0 aliphatic heterocycles. The molecule has 0 unspecified atom stereocenters. The molecule has 0 N–H and O–H groups in total. The number of fused-ring (bicyclic) bond motifs is 1. The Morgan fingerprint density at radius 1 is 1.21 bits per heavy atom. The number of imidazole rings is 1. The van der Waals surface area contributed by atoms with Crippen LogP contribution in [-0.4, -0.2) is 28.4 Å². The van der Waals surface area contributed by atoms with Gasteiger partial charge < -0.3 is 9.15 Å². The first-order valence-corrected chi connectivity index (χ1v) is 10.4. The van der Waals surface area contributed by atoms with Crippen LogP contribution < -0.4 is 5.63 Å². The van der Waals surface area contributed by atoms with Crippen LogP contribution in [0.25, 0.3) is 27.9 Å². The van der Waals surface area contributed by atoms with Crippen LogP contribution in [0.15, 0.2) is 79.6 Å². The maximum absolute atomic E-state index is 12.5. The second-order valence-electron chi connectivity index (χ2n) is 6.11. The van der Waals surface area contributed by atoms with Crippen molar-refractivity contribution in [1.29, 1.82) is 0 Å². The number of carbonyl (C=O) groups excluding carboxylic acids is 1. The van der Waals surface area contributed by atoms with E-state index in [9.17, 15) is 9.59 Å². The van der Waals surface area contributed by atoms with Gasteiger partial charge in [-0.2, -0.15) is 0 Å². The molecule has 4 aromatic rings. The number of methoxy groups -OCH3 is 1. The molecule has 146 valence electrons. The van der Waals surface area contributed by atoms with Gasteiger partial charge in [-0.25, -0.2) is 9.78 Å². The molecular weight excluding hydrogens is 456 g/mol. The summed E-state index contributed by atoms with van der Waals surface area (Å²) in [6.07, 6.45) is 1.77. The Morgan fingerprint density at radius 2 is 1.97 bits per heavy atom. The number of hydrogen-bond donors (Lipinski definition) is 0. The maximum atomic E-state index is 12.5. The van der Waals surface area contributed by atoms with Gasteiger partial charge in [-0.3, -0.25) is 9.36 Å². The van der Waals surface area contributed by atoms with Gasteiger partial charge in [-0.05, 0) is 36.4 Å². The van der Waals surface area contributed by atoms with Gasteiger partial charge in [0.2, 0.25) is 0 Å². The SMILES string of the molecule is COC(=O)CSc1nc(-c2cc3ccccc3oc2=O)cn1-c1ccc(Br)cc1. The standard InChI is InChI=1S/C21H15BrN2O4S/c1-27-19(25)12-29-21-23-17(11-24(21)15-8-6-14(22)7-9-15)16-10-13-4-2-3-5-18(13)28-20(16)26/h2-11H,12H2,1H3. The molecule has 0 spiro atoms. The van der Waals surface area contributed by atoms with E-state index in [0.29, 0.717) is 22.0 Å². The first-order chi connectivity index (χ1) is 14.0. The van der Waals surface area contributed by atoms with Gasteiger partial charge in [0.1, 0.15) is 5.58 Å². The highest BCUT2D eigenvalue weighted by Gasteiger charge is 2.17. The zero-order chi connectivity index (χ0) is 20.4. The minimum absolute atomic E-state index is 0.107. The minimum Gasteiger partial charge on any atom is -0.468 e. The van der Waals surface area contributed by atoms with Crippen LogP contribution in [0.4, 0.5) is 0 Å². The van der Waals surface area contributed by atoms with E-state index in [1.165, 1.54) is 18.9 Å². The summed E-state index contributed by atoms with van der Waals surface area (Å²) in [6.45, 7) is 0. The number of carbonyl (C=O) groups is 1. The van der Waals surface area contributed by atoms with Crippen LogP contribution >= 0.6 is 27.7 Å². The van der Waals surface area contributed by atoms with Crippen LogP contribution in [0, 0.1) is 0 Å². The fraction of sp³-hybridized carbons (Fsp3) is 0.0952. The van der Waals surface area contributed by atoms with Gasteiger partial charge >= 0.3 is 11.6 Å². The lowest BCUT2D eigenvalue weighted by molar-refractivity contribution is -0.137. The summed E-state index contributed by atoms with van der Waals surface area (Å²) in [4.78, 5) is 28.7. The Kier molecular flexibility index (Phi) is 5.55. The molecule has 0 bridgehead atoms. The summed E-state index contributed by atoms with van der Waals surface area (Å²) < 4.78 is 12.9. The van der Waals surface area contributed by atoms with Gasteiger partial charge in [0.25, 0.3) is 0 Å². The topological polar surface area (TPSA) is 74.3 Å². The number of benzene rings is 2. The van der Waals surface area contributed by atoms with E-state index in [4.69, 9.17) is 9.15 Å². The Morgan fingerprint density at radius 3 is 2.72 bits per heavy atom. The van der Waals surface area contributed by atoms with Crippen molar-refractivity contribution in [3.8, 4) is 16.9 Å². The van der Waals surface area contributed by atoms with Crippen LogP contribution in [-0.2, 0) is 9.53 Å². The molecule has 2 aromatic carbocycles. The molecule has 6 nitrogen and oxygen atoms in total. The van der Waals surface area contributed by atoms with E-state index < -0.39 is 5.63 Å². The second-order valence-corrected chi connectivity index (χ2v) is 7.96. The van der Waals surface area contributed by atoms with Gasteiger partial charge in [-0.15, -0.1) is 0 Å². The minimum atomic E-state index is -0.464. The molecule has 29 heavy (non-hydrogen) atoms. The molecule has 0 aliphatic carbocycles. The molecule has 4 rings (SSSR count). The van der Waals surface area contributed by atoms with Crippen molar-refractivity contribution in [3.63, 3.8) is 0 Å². The average Bonchev–Trinajstić information content (AvgIpc) is 3.16. The number of esters is 1. The second kappa shape index (κ2) is 8.26. The summed E-state index contributed by atoms with van der Waals surface area (Å²) in [6, 6.07) is 16.7. The monoisotopic (exact) mass is 470 g/mol. The Hall–Kier alpha value is -2.84. The number of aromatic nitrogens is 2. The molecule has 0 amide bonds. The highest BCUT2D eigenvalue weighted by molar-refractivity contribution is 9.10. The van der Waals surface area contributed by atoms with Crippen molar-refractivity contribution >= 4 is 44.6 Å². The summed E-state index contributed by atoms with van der Waals surface area (Å²) in [5.41, 5.74) is 1.74. The molecule has 0 saturated heterocycles. The fourth-order valence-electron chi connectivity index (χ4n) is 2.80. The first kappa shape index (κ1) is 19.5. The Bertz CT molecular complexity index is 1250. The molecule has 2 heterocycles. The van der Waals surface area contributed by atoms with E-state index in [-0.39, 0.29) is 11.7 Å². The predicted molar refractivity (Wildman–Crippen MR) is 115 cm³/mol. The number of ether oxygens (including phenoxy) is 1. The third-order valence-electron chi connectivity index (χ3n) is 4.24. The summed E-state index contributed by atoms with van der Waals surface area (Å²) in [7, 11) is 1.34. The van der Waals surface area contributed by atoms with Crippen LogP contribution in [0.5, 0.6) is 0 Å². The smallest absolute Gasteiger partial charge is 0.345 e. The van der Waals surface area contributed by atoms with E-state index >= 15 is 0 Å². The van der Waals surface area contributed by atoms with Gasteiger partial charge in [0.15, 0.2) is 5.16 Å². The van der Waals surface area contributed by atoms with E-state index in [1.807, 2.05) is 47.0 Å². The molecule has 0 saturated carbocycles. The maximum Gasteiger partial charge on any atom is 0.345 e. The quantitative estimate of drug-likeness (QED) is 0.239. The number of rotatable bonds is 5. The number of thioether (sulfide) groups is 1. The third-order valence-corrected chi connectivity index (χ3v) is 5.70. The molecule has 0 aliphatic rings. The normalized spacial score (nSPS) is 11.0. The van der Waals surface area contributed by atoms with Crippen LogP contribution in [0.1, 0.15) is 0 Å². The van der Waals surface area contributed by atoms with Crippen molar-refractivity contribution in [2.75, 3.05) is 12.9 Å². The zero-order valence-corrected chi connectivity index (χ0v) is 17.7. The largest absolute Gasteiger partial charge is 0.468 e. The molecular formula is C21H15BrN2O4S. The zero-order valence-electron chi connectivity index (χ0n) is 15.3. The van der Waals surface area contributed by atoms with Crippen molar-refractivity contribution in [1.82, 2.24) is 9.55 Å². The lowest BCUT2D eigenvalue weighted by atomic mass is 10.1. The van der Waals surface area contributed by atoms with Crippen molar-refractivity contribution in [2.45, 2.75) is 5.16 Å². The summed E-state index contributed by atoms with van der Waals surface area (Å²) >= 11 is 4.66. The van der Waals surface area contributed by atoms with Gasteiger partial charge in [0.05, 0.1) is 24.1 Å². The molecule has 0 atom stereocenters. The Balaban J connectivity index is 1.82. The number of nitrogens with zero attached hydrogens (tertiary/aromatic N) is 2. The van der Waals surface area contributed by atoms with E-state index in [0.717, 1.165) is 15.5 Å². The molecule has 8 heteroatoms. The lowest BCUT2D eigenvalue weighted by Gasteiger charge is -2.06. The van der Waals surface area contributed by atoms with E-state index in [1.54, 1.807) is 18.3 Å². The van der Waals surface area contributed by atoms with Crippen molar-refractivity contribution in [2.24, 2.45) is 0 Å². The fourth-order valence-corrected chi connectivity index (χ4v) is 3.89. The average molecular weight is 471 g/mol. The predicted octanol–water partition coefficient (Wildman–Crippen LogP) is 4.67. The van der Waals surface area contributed by atoms with Crippen LogP contribution in [0.2, 0.25) is 0 Å². The number of halogens is 1. The molecule has 2 aromatic heterocycles. The molecule has 0 fully saturated rings. The van der Waals surface area contributed by atoms with Gasteiger partial charge in [0, 0.05) is 21.7 Å². The van der Waals surface area contributed by atoms with Crippen LogP contribution in [0.3, 0.4) is 0 Å². The summed E-state index contributed by atoms with van der Waals surface area (Å²) in [5.74, 6) is -0.248. The number of para-hydroxylation sites is 1. The van der Waals surface area contributed by atoms with Crippen molar-refractivity contribution < 1.29 is 13.9 Å². The highest BCUT2D eigenvalue weighted by Crippen LogP contribution is 2.28. The van der Waals surface area contributed by atoms with E-state index in [2.05, 4.69) is 20.9 Å². The van der Waals surface area contributed by atoms with Crippen molar-refractivity contribution in [3.05, 3.63) is 75.7 Å².